The number of nitrogens with zero attached hydrogens (tertiary/aromatic N) is 3. The second kappa shape index (κ2) is 7.49. The fourth-order valence-electron chi connectivity index (χ4n) is 2.95. The van der Waals surface area contributed by atoms with Gasteiger partial charge in [0.15, 0.2) is 0 Å². The zero-order chi connectivity index (χ0) is 18.7. The summed E-state index contributed by atoms with van der Waals surface area (Å²) >= 11 is 0. The average Bonchev–Trinajstić information content (AvgIpc) is 2.61. The number of amides is 1. The van der Waals surface area contributed by atoms with Gasteiger partial charge in [-0.15, -0.1) is 0 Å². The monoisotopic (exact) mass is 356 g/mol. The first-order valence-corrected chi connectivity index (χ1v) is 8.34. The van der Waals surface area contributed by atoms with Crippen molar-refractivity contribution in [2.45, 2.75) is 26.1 Å². The molecule has 3 rings (SSSR count). The number of non-ortho nitro benzene ring substituents is 1. The number of hydrogen-bond acceptors (Lipinski definition) is 6. The highest BCUT2D eigenvalue weighted by Crippen LogP contribution is 2.20. The van der Waals surface area contributed by atoms with E-state index in [0.717, 1.165) is 18.9 Å². The van der Waals surface area contributed by atoms with Crippen LogP contribution in [0.1, 0.15) is 24.2 Å². The van der Waals surface area contributed by atoms with Crippen molar-refractivity contribution in [3.63, 3.8) is 0 Å². The number of aromatic nitrogens is 1. The molecule has 0 bridgehead atoms. The first-order chi connectivity index (χ1) is 12.4. The molecule has 2 atom stereocenters. The maximum atomic E-state index is 12.2. The average molecular weight is 356 g/mol. The van der Waals surface area contributed by atoms with E-state index in [4.69, 9.17) is 4.74 Å². The number of nitro groups is 1. The van der Waals surface area contributed by atoms with Crippen LogP contribution >= 0.6 is 0 Å². The van der Waals surface area contributed by atoms with E-state index in [9.17, 15) is 14.9 Å². The van der Waals surface area contributed by atoms with Crippen LogP contribution in [0.3, 0.4) is 0 Å². The molecule has 8 nitrogen and oxygen atoms in total. The smallest absolute Gasteiger partial charge is 0.269 e. The van der Waals surface area contributed by atoms with Gasteiger partial charge in [-0.2, -0.15) is 0 Å². The van der Waals surface area contributed by atoms with Crippen molar-refractivity contribution in [2.24, 2.45) is 0 Å². The number of nitro benzene ring substituents is 1. The number of hydrogen-bond donors (Lipinski definition) is 1. The van der Waals surface area contributed by atoms with Crippen molar-refractivity contribution < 1.29 is 14.5 Å². The van der Waals surface area contributed by atoms with Crippen LogP contribution in [0.25, 0.3) is 0 Å². The number of morpholine rings is 1. The van der Waals surface area contributed by atoms with Crippen molar-refractivity contribution in [1.29, 1.82) is 0 Å². The summed E-state index contributed by atoms with van der Waals surface area (Å²) in [5.74, 6) is 0.489. The summed E-state index contributed by atoms with van der Waals surface area (Å²) in [5.41, 5.74) is 0.850. The second-order valence-corrected chi connectivity index (χ2v) is 6.33. The van der Waals surface area contributed by atoms with Gasteiger partial charge in [0, 0.05) is 30.8 Å². The second-order valence-electron chi connectivity index (χ2n) is 6.33. The Kier molecular flexibility index (Phi) is 5.13. The molecular weight excluding hydrogens is 336 g/mol. The van der Waals surface area contributed by atoms with Gasteiger partial charge in [-0.1, -0.05) is 0 Å². The van der Waals surface area contributed by atoms with E-state index in [0.29, 0.717) is 11.3 Å². The summed E-state index contributed by atoms with van der Waals surface area (Å²) < 4.78 is 5.72. The van der Waals surface area contributed by atoms with Gasteiger partial charge in [0.2, 0.25) is 0 Å². The SMILES string of the molecule is C[C@H]1CN(c2ccc(NC(=O)c3ccc([N+](=O)[O-])cc3)cn2)C[C@H](C)O1. The van der Waals surface area contributed by atoms with Crippen LogP contribution in [0.2, 0.25) is 0 Å². The largest absolute Gasteiger partial charge is 0.372 e. The number of ether oxygens (including phenoxy) is 1. The van der Waals surface area contributed by atoms with E-state index >= 15 is 0 Å². The number of anilines is 2. The molecule has 1 aliphatic rings. The molecular formula is C18H20N4O4. The molecule has 1 saturated heterocycles. The Labute approximate surface area is 150 Å². The van der Waals surface area contributed by atoms with Crippen LogP contribution in [-0.4, -0.2) is 41.1 Å². The summed E-state index contributed by atoms with van der Waals surface area (Å²) in [7, 11) is 0. The van der Waals surface area contributed by atoms with Gasteiger partial charge >= 0.3 is 0 Å². The van der Waals surface area contributed by atoms with Gasteiger partial charge < -0.3 is 15.0 Å². The summed E-state index contributed by atoms with van der Waals surface area (Å²) in [5, 5.41) is 13.4. The number of rotatable bonds is 4. The van der Waals surface area contributed by atoms with Gasteiger partial charge in [-0.05, 0) is 38.1 Å². The Bertz CT molecular complexity index is 782. The lowest BCUT2D eigenvalue weighted by molar-refractivity contribution is -0.384. The number of carbonyl (C=O) groups excluding carboxylic acids is 1. The normalized spacial score (nSPS) is 19.8. The molecule has 136 valence electrons. The molecule has 0 radical (unpaired) electrons. The molecule has 8 heteroatoms. The molecule has 1 fully saturated rings. The lowest BCUT2D eigenvalue weighted by Gasteiger charge is -2.36. The van der Waals surface area contributed by atoms with Crippen LogP contribution in [-0.2, 0) is 4.74 Å². The van der Waals surface area contributed by atoms with E-state index in [1.54, 1.807) is 12.3 Å². The fourth-order valence-corrected chi connectivity index (χ4v) is 2.95. The van der Waals surface area contributed by atoms with Crippen LogP contribution in [0.15, 0.2) is 42.6 Å². The molecule has 2 heterocycles. The van der Waals surface area contributed by atoms with Gasteiger partial charge in [0.25, 0.3) is 11.6 Å². The van der Waals surface area contributed by atoms with Crippen LogP contribution in [0.4, 0.5) is 17.2 Å². The third-order valence-electron chi connectivity index (χ3n) is 4.09. The predicted octanol–water partition coefficient (Wildman–Crippen LogP) is 2.86. The summed E-state index contributed by atoms with van der Waals surface area (Å²) in [6, 6.07) is 9.10. The van der Waals surface area contributed by atoms with Gasteiger partial charge in [-0.3, -0.25) is 14.9 Å². The molecule has 26 heavy (non-hydrogen) atoms. The number of pyridine rings is 1. The van der Waals surface area contributed by atoms with Crippen molar-refractivity contribution in [3.05, 3.63) is 58.3 Å². The van der Waals surface area contributed by atoms with E-state index in [-0.39, 0.29) is 23.8 Å². The van der Waals surface area contributed by atoms with Crippen molar-refractivity contribution in [2.75, 3.05) is 23.3 Å². The van der Waals surface area contributed by atoms with Gasteiger partial charge in [0.1, 0.15) is 5.82 Å². The third kappa shape index (κ3) is 4.15. The van der Waals surface area contributed by atoms with E-state index in [1.165, 1.54) is 24.3 Å². The minimum absolute atomic E-state index is 0.0541. The Morgan fingerprint density at radius 3 is 2.38 bits per heavy atom. The van der Waals surface area contributed by atoms with Crippen LogP contribution in [0.5, 0.6) is 0 Å². The summed E-state index contributed by atoms with van der Waals surface area (Å²) in [6.07, 6.45) is 1.88. The Hall–Kier alpha value is -3.00. The zero-order valence-electron chi connectivity index (χ0n) is 14.6. The Morgan fingerprint density at radius 1 is 1.19 bits per heavy atom. The van der Waals surface area contributed by atoms with Crippen molar-refractivity contribution in [1.82, 2.24) is 4.98 Å². The molecule has 1 aliphatic heterocycles. The first-order valence-electron chi connectivity index (χ1n) is 8.34. The molecule has 1 N–H and O–H groups in total. The lowest BCUT2D eigenvalue weighted by atomic mass is 10.2. The molecule has 1 aromatic carbocycles. The van der Waals surface area contributed by atoms with Gasteiger partial charge in [0.05, 0.1) is 29.0 Å². The van der Waals surface area contributed by atoms with E-state index < -0.39 is 4.92 Å². The summed E-state index contributed by atoms with van der Waals surface area (Å²) in [4.78, 5) is 29.0. The maximum Gasteiger partial charge on any atom is 0.269 e. The predicted molar refractivity (Wildman–Crippen MR) is 97.5 cm³/mol. The molecule has 0 saturated carbocycles. The van der Waals surface area contributed by atoms with E-state index in [1.807, 2.05) is 19.9 Å². The van der Waals surface area contributed by atoms with Crippen LogP contribution in [0, 0.1) is 10.1 Å². The highest BCUT2D eigenvalue weighted by Gasteiger charge is 2.23. The molecule has 0 spiro atoms. The Balaban J connectivity index is 1.65. The summed E-state index contributed by atoms with van der Waals surface area (Å²) in [6.45, 7) is 5.60. The molecule has 1 aromatic heterocycles. The molecule has 0 aliphatic carbocycles. The quantitative estimate of drug-likeness (QED) is 0.668. The fraction of sp³-hybridized carbons (Fsp3) is 0.333. The highest BCUT2D eigenvalue weighted by atomic mass is 16.6. The van der Waals surface area contributed by atoms with Gasteiger partial charge in [-0.25, -0.2) is 4.98 Å². The highest BCUT2D eigenvalue weighted by molar-refractivity contribution is 6.04. The topological polar surface area (TPSA) is 97.6 Å². The number of benzene rings is 1. The molecule has 1 amide bonds. The van der Waals surface area contributed by atoms with Crippen molar-refractivity contribution >= 4 is 23.1 Å². The molecule has 0 unspecified atom stereocenters. The third-order valence-corrected chi connectivity index (χ3v) is 4.09. The molecule has 2 aromatic rings. The van der Waals surface area contributed by atoms with Crippen LogP contribution < -0.4 is 10.2 Å². The zero-order valence-corrected chi connectivity index (χ0v) is 14.6. The lowest BCUT2D eigenvalue weighted by Crippen LogP contribution is -2.45. The standard InChI is InChI=1S/C18H20N4O4/c1-12-10-21(11-13(2)26-12)17-8-5-15(9-19-17)20-18(23)14-3-6-16(7-4-14)22(24)25/h3-9,12-13H,10-11H2,1-2H3,(H,20,23)/t12-,13-/m0/s1. The number of nitrogens with one attached hydrogen (secondary N) is 1. The maximum absolute atomic E-state index is 12.2. The Morgan fingerprint density at radius 2 is 1.85 bits per heavy atom. The minimum atomic E-state index is -0.502. The first kappa shape index (κ1) is 17.8. The van der Waals surface area contributed by atoms with Crippen molar-refractivity contribution in [3.8, 4) is 0 Å². The number of carbonyl (C=O) groups is 1. The minimum Gasteiger partial charge on any atom is -0.372 e. The van der Waals surface area contributed by atoms with E-state index in [2.05, 4.69) is 15.2 Å².